The molecule has 0 saturated heterocycles. The second-order valence-electron chi connectivity index (χ2n) is 11.8. The molecular weight excluding hydrogens is 575 g/mol. The molecule has 3 aromatic carbocycles. The van der Waals surface area contributed by atoms with Crippen LogP contribution in [0.15, 0.2) is 76.8 Å². The lowest BCUT2D eigenvalue weighted by molar-refractivity contribution is -0.146. The predicted molar refractivity (Wildman–Crippen MR) is 169 cm³/mol. The Labute approximate surface area is 255 Å². The van der Waals surface area contributed by atoms with Gasteiger partial charge in [-0.1, -0.05) is 49.7 Å². The molecule has 1 N–H and O–H groups in total. The maximum absolute atomic E-state index is 13.5. The van der Waals surface area contributed by atoms with Crippen molar-refractivity contribution in [2.75, 3.05) is 13.7 Å². The summed E-state index contributed by atoms with van der Waals surface area (Å²) in [4.78, 5) is 18.3. The van der Waals surface area contributed by atoms with Crippen molar-refractivity contribution in [1.29, 1.82) is 0 Å². The molecule has 0 radical (unpaired) electrons. The standard InChI is InChI=1S/C33H36ClFN2O4S/c1-32(2,3)42-30-26-17-25(41-20-27(36-40-6)22-9-13-24(35)14-10-22)15-16-28(26)37(19-21-7-11-23(34)12-8-21)29(30)18-33(4,5)31(38)39/h7-17H,18-20H2,1-6H3,(H,38,39). The Hall–Kier alpha value is -3.49. The van der Waals surface area contributed by atoms with Crippen molar-refractivity contribution < 1.29 is 23.9 Å². The number of nitrogens with zero attached hydrogens (tertiary/aromatic N) is 2. The molecule has 0 saturated carbocycles. The fourth-order valence-electron chi connectivity index (χ4n) is 4.56. The maximum Gasteiger partial charge on any atom is 0.309 e. The lowest BCUT2D eigenvalue weighted by Crippen LogP contribution is -2.28. The number of benzene rings is 3. The van der Waals surface area contributed by atoms with Crippen molar-refractivity contribution in [3.8, 4) is 5.75 Å². The molecule has 1 aromatic heterocycles. The van der Waals surface area contributed by atoms with Gasteiger partial charge in [-0.2, -0.15) is 0 Å². The summed E-state index contributed by atoms with van der Waals surface area (Å²) in [7, 11) is 1.45. The first kappa shape index (κ1) is 31.4. The van der Waals surface area contributed by atoms with E-state index < -0.39 is 11.4 Å². The average Bonchev–Trinajstić information content (AvgIpc) is 3.17. The summed E-state index contributed by atoms with van der Waals surface area (Å²) in [5.74, 6) is -0.570. The summed E-state index contributed by atoms with van der Waals surface area (Å²) in [6.45, 7) is 10.6. The number of carboxylic acids is 1. The Morgan fingerprint density at radius 2 is 1.69 bits per heavy atom. The highest BCUT2D eigenvalue weighted by atomic mass is 35.5. The van der Waals surface area contributed by atoms with E-state index in [4.69, 9.17) is 21.2 Å². The summed E-state index contributed by atoms with van der Waals surface area (Å²) in [6.07, 6.45) is 0.342. The van der Waals surface area contributed by atoms with E-state index in [0.717, 1.165) is 27.1 Å². The van der Waals surface area contributed by atoms with Crippen LogP contribution in [0.1, 0.15) is 51.4 Å². The van der Waals surface area contributed by atoms with Gasteiger partial charge in [-0.15, -0.1) is 11.8 Å². The molecule has 4 aromatic rings. The van der Waals surface area contributed by atoms with E-state index in [0.29, 0.717) is 35.0 Å². The van der Waals surface area contributed by atoms with Crippen LogP contribution in [0.3, 0.4) is 0 Å². The monoisotopic (exact) mass is 610 g/mol. The number of thioether (sulfide) groups is 1. The van der Waals surface area contributed by atoms with Crippen molar-refractivity contribution in [3.05, 3.63) is 94.4 Å². The Balaban J connectivity index is 1.81. The molecule has 4 rings (SSSR count). The molecule has 42 heavy (non-hydrogen) atoms. The van der Waals surface area contributed by atoms with E-state index in [-0.39, 0.29) is 17.2 Å². The number of hydrogen-bond acceptors (Lipinski definition) is 5. The third-order valence-electron chi connectivity index (χ3n) is 6.70. The minimum absolute atomic E-state index is 0.108. The number of aromatic nitrogens is 1. The lowest BCUT2D eigenvalue weighted by atomic mass is 9.88. The number of ether oxygens (including phenoxy) is 1. The van der Waals surface area contributed by atoms with Gasteiger partial charge in [0.05, 0.1) is 5.41 Å². The van der Waals surface area contributed by atoms with Crippen LogP contribution in [0.2, 0.25) is 5.02 Å². The van der Waals surface area contributed by atoms with Gasteiger partial charge in [-0.25, -0.2) is 4.39 Å². The van der Waals surface area contributed by atoms with E-state index in [1.54, 1.807) is 37.7 Å². The van der Waals surface area contributed by atoms with Crippen molar-refractivity contribution >= 4 is 45.9 Å². The van der Waals surface area contributed by atoms with Crippen molar-refractivity contribution in [3.63, 3.8) is 0 Å². The SMILES string of the molecule is CON=C(COc1ccc2c(c1)c(SC(C)(C)C)c(CC(C)(C)C(=O)O)n2Cc1ccc(Cl)cc1)c1ccc(F)cc1. The average molecular weight is 611 g/mol. The minimum atomic E-state index is -0.987. The zero-order valence-corrected chi connectivity index (χ0v) is 26.3. The number of halogens is 2. The zero-order valence-electron chi connectivity index (χ0n) is 24.7. The summed E-state index contributed by atoms with van der Waals surface area (Å²) in [5.41, 5.74) is 3.21. The van der Waals surface area contributed by atoms with Gasteiger partial charge < -0.3 is 19.2 Å². The van der Waals surface area contributed by atoms with Crippen LogP contribution in [0.4, 0.5) is 4.39 Å². The number of fused-ring (bicyclic) bond motifs is 1. The number of carbonyl (C=O) groups is 1. The number of carboxylic acid groups (broad SMARTS) is 1. The molecule has 0 bridgehead atoms. The summed E-state index contributed by atoms with van der Waals surface area (Å²) in [6, 6.07) is 19.6. The molecule has 0 amide bonds. The van der Waals surface area contributed by atoms with Gasteiger partial charge in [0.15, 0.2) is 0 Å². The summed E-state index contributed by atoms with van der Waals surface area (Å²) < 4.78 is 21.7. The van der Waals surface area contributed by atoms with E-state index in [1.165, 1.54) is 19.2 Å². The number of hydrogen-bond donors (Lipinski definition) is 1. The molecule has 0 aliphatic rings. The van der Waals surface area contributed by atoms with Gasteiger partial charge in [-0.3, -0.25) is 4.79 Å². The molecule has 1 heterocycles. The third-order valence-corrected chi connectivity index (χ3v) is 8.22. The summed E-state index contributed by atoms with van der Waals surface area (Å²) in [5, 5.41) is 15.8. The van der Waals surface area contributed by atoms with Crippen LogP contribution in [0, 0.1) is 11.2 Å². The molecular formula is C33H36ClFN2O4S. The highest BCUT2D eigenvalue weighted by Gasteiger charge is 2.33. The molecule has 0 spiro atoms. The highest BCUT2D eigenvalue weighted by Crippen LogP contribution is 2.44. The van der Waals surface area contributed by atoms with Gasteiger partial charge in [0.25, 0.3) is 0 Å². The fraction of sp³-hybridized carbons (Fsp3) is 0.333. The van der Waals surface area contributed by atoms with E-state index in [1.807, 2.05) is 42.5 Å². The van der Waals surface area contributed by atoms with Crippen LogP contribution in [-0.4, -0.2) is 39.8 Å². The smallest absolute Gasteiger partial charge is 0.309 e. The first-order chi connectivity index (χ1) is 19.8. The molecule has 0 fully saturated rings. The predicted octanol–water partition coefficient (Wildman–Crippen LogP) is 8.46. The van der Waals surface area contributed by atoms with Gasteiger partial charge in [0, 0.05) is 49.8 Å². The Bertz CT molecular complexity index is 1590. The number of aliphatic carboxylic acids is 1. The molecule has 0 unspecified atom stereocenters. The van der Waals surface area contributed by atoms with Crippen LogP contribution in [0.25, 0.3) is 10.9 Å². The lowest BCUT2D eigenvalue weighted by Gasteiger charge is -2.24. The molecule has 0 atom stereocenters. The second-order valence-corrected chi connectivity index (χ2v) is 14.0. The summed E-state index contributed by atoms with van der Waals surface area (Å²) >= 11 is 7.87. The van der Waals surface area contributed by atoms with E-state index in [2.05, 4.69) is 30.5 Å². The topological polar surface area (TPSA) is 73.1 Å². The van der Waals surface area contributed by atoms with Gasteiger partial charge in [0.2, 0.25) is 0 Å². The fourth-order valence-corrected chi connectivity index (χ4v) is 5.87. The normalized spacial score (nSPS) is 12.5. The van der Waals surface area contributed by atoms with Crippen LogP contribution >= 0.6 is 23.4 Å². The van der Waals surface area contributed by atoms with Crippen molar-refractivity contribution in [1.82, 2.24) is 4.57 Å². The van der Waals surface area contributed by atoms with Crippen LogP contribution in [-0.2, 0) is 22.6 Å². The Morgan fingerprint density at radius 3 is 2.29 bits per heavy atom. The quantitative estimate of drug-likeness (QED) is 0.105. The molecule has 0 aliphatic heterocycles. The third kappa shape index (κ3) is 7.66. The minimum Gasteiger partial charge on any atom is -0.487 e. The van der Waals surface area contributed by atoms with Crippen LogP contribution in [0.5, 0.6) is 5.75 Å². The second kappa shape index (κ2) is 12.8. The maximum atomic E-state index is 13.5. The van der Waals surface area contributed by atoms with Crippen LogP contribution < -0.4 is 4.74 Å². The van der Waals surface area contributed by atoms with Crippen molar-refractivity contribution in [2.45, 2.75) is 57.2 Å². The molecule has 9 heteroatoms. The van der Waals surface area contributed by atoms with E-state index >= 15 is 0 Å². The Kier molecular flexibility index (Phi) is 9.58. The first-order valence-corrected chi connectivity index (χ1v) is 14.8. The van der Waals surface area contributed by atoms with Gasteiger partial charge in [0.1, 0.15) is 31.0 Å². The Morgan fingerprint density at radius 1 is 1.02 bits per heavy atom. The zero-order chi connectivity index (χ0) is 30.7. The molecule has 6 nitrogen and oxygen atoms in total. The first-order valence-electron chi connectivity index (χ1n) is 13.6. The van der Waals surface area contributed by atoms with E-state index in [9.17, 15) is 14.3 Å². The molecule has 222 valence electrons. The highest BCUT2D eigenvalue weighted by molar-refractivity contribution is 8.00. The van der Waals surface area contributed by atoms with Gasteiger partial charge >= 0.3 is 5.97 Å². The van der Waals surface area contributed by atoms with Crippen molar-refractivity contribution in [2.24, 2.45) is 10.6 Å². The largest absolute Gasteiger partial charge is 0.487 e. The van der Waals surface area contributed by atoms with Gasteiger partial charge in [-0.05, 0) is 74.0 Å². The number of rotatable bonds is 11. The number of oxime groups is 1. The molecule has 0 aliphatic carbocycles.